The van der Waals surface area contributed by atoms with Crippen LogP contribution in [0.2, 0.25) is 0 Å². The van der Waals surface area contributed by atoms with E-state index >= 15 is 0 Å². The summed E-state index contributed by atoms with van der Waals surface area (Å²) >= 11 is 0. The number of rotatable bonds is 4. The minimum atomic E-state index is -0.313. The van der Waals surface area contributed by atoms with Crippen LogP contribution in [0.4, 0.5) is 0 Å². The number of aliphatic hydroxyl groups is 1. The van der Waals surface area contributed by atoms with Crippen molar-refractivity contribution in [3.8, 4) is 0 Å². The van der Waals surface area contributed by atoms with Gasteiger partial charge in [0.25, 0.3) is 0 Å². The van der Waals surface area contributed by atoms with E-state index in [4.69, 9.17) is 0 Å². The average Bonchev–Trinajstić information content (AvgIpc) is 1.87. The second kappa shape index (κ2) is 5.12. The molecular weight excluding hydrogens is 135 g/mol. The summed E-state index contributed by atoms with van der Waals surface area (Å²) in [5.41, 5.74) is 0. The van der Waals surface area contributed by atoms with Gasteiger partial charge in [-0.1, -0.05) is 9.39 Å². The third-order valence-corrected chi connectivity index (χ3v) is 1.78. The summed E-state index contributed by atoms with van der Waals surface area (Å²) in [6, 6.07) is 0.127. The third-order valence-electron chi connectivity index (χ3n) is 1.25. The van der Waals surface area contributed by atoms with Crippen molar-refractivity contribution in [1.82, 2.24) is 10.4 Å². The summed E-state index contributed by atoms with van der Waals surface area (Å²) in [6.07, 6.45) is -0.313. The third kappa shape index (κ3) is 3.82. The van der Waals surface area contributed by atoms with E-state index in [0.717, 1.165) is 0 Å². The van der Waals surface area contributed by atoms with Crippen LogP contribution in [0.1, 0.15) is 6.92 Å². The van der Waals surface area contributed by atoms with Gasteiger partial charge in [0.15, 0.2) is 0 Å². The fourth-order valence-electron chi connectivity index (χ4n) is 0.497. The lowest BCUT2D eigenvalue weighted by molar-refractivity contribution is 0.146. The number of hydrogen-bond acceptors (Lipinski definition) is 3. The maximum Gasteiger partial charge on any atom is 0.0817 e. The summed E-state index contributed by atoms with van der Waals surface area (Å²) in [5.74, 6) is 0. The van der Waals surface area contributed by atoms with E-state index in [0.29, 0.717) is 6.54 Å². The predicted octanol–water partition coefficient (Wildman–Crippen LogP) is -0.665. The van der Waals surface area contributed by atoms with Gasteiger partial charge in [-0.3, -0.25) is 5.09 Å². The molecule has 0 aliphatic rings. The van der Waals surface area contributed by atoms with Crippen LogP contribution in [-0.4, -0.2) is 30.8 Å². The van der Waals surface area contributed by atoms with Crippen molar-refractivity contribution in [2.24, 2.45) is 0 Å². The van der Waals surface area contributed by atoms with Crippen LogP contribution in [-0.2, 0) is 0 Å². The van der Waals surface area contributed by atoms with Gasteiger partial charge < -0.3 is 10.4 Å². The molecule has 0 fully saturated rings. The van der Waals surface area contributed by atoms with Gasteiger partial charge in [0, 0.05) is 12.6 Å². The molecule has 0 heterocycles. The molecule has 0 amide bonds. The fraction of sp³-hybridized carbons (Fsp3) is 1.00. The molecule has 0 aromatic heterocycles. The Morgan fingerprint density at radius 1 is 1.67 bits per heavy atom. The molecule has 3 N–H and O–H groups in total. The molecule has 0 saturated carbocycles. The summed E-state index contributed by atoms with van der Waals surface area (Å²) in [7, 11) is 4.19. The molecule has 2 unspecified atom stereocenters. The first-order valence-corrected chi connectivity index (χ1v) is 3.59. The lowest BCUT2D eigenvalue weighted by Gasteiger charge is -2.16. The molecule has 0 bridgehead atoms. The SMILES string of the molecule is CNCC(O)[C@H](C)NP. The highest BCUT2D eigenvalue weighted by Gasteiger charge is 2.09. The lowest BCUT2D eigenvalue weighted by Crippen LogP contribution is -2.38. The van der Waals surface area contributed by atoms with E-state index in [-0.39, 0.29) is 12.1 Å². The van der Waals surface area contributed by atoms with Gasteiger partial charge in [0.05, 0.1) is 6.10 Å². The molecule has 9 heavy (non-hydrogen) atoms. The van der Waals surface area contributed by atoms with Gasteiger partial charge >= 0.3 is 0 Å². The van der Waals surface area contributed by atoms with Crippen LogP contribution >= 0.6 is 9.39 Å². The number of aliphatic hydroxyl groups excluding tert-OH is 1. The molecule has 56 valence electrons. The first-order valence-electron chi connectivity index (χ1n) is 3.01. The molecule has 0 saturated heterocycles. The second-order valence-electron chi connectivity index (χ2n) is 2.08. The topological polar surface area (TPSA) is 44.3 Å². The molecule has 0 aromatic rings. The van der Waals surface area contributed by atoms with Crippen LogP contribution in [0, 0.1) is 0 Å². The standard InChI is InChI=1S/C5H15N2OP/c1-4(7-9)5(8)3-6-2/h4-8H,3,9H2,1-2H3/t4-,5?/m0/s1. The first-order chi connectivity index (χ1) is 4.22. The molecular formula is C5H15N2OP. The number of hydrogen-bond donors (Lipinski definition) is 3. The molecule has 3 atom stereocenters. The molecule has 0 aliphatic carbocycles. The van der Waals surface area contributed by atoms with Gasteiger partial charge in [0.1, 0.15) is 0 Å². The van der Waals surface area contributed by atoms with Gasteiger partial charge in [-0.25, -0.2) is 0 Å². The van der Waals surface area contributed by atoms with Crippen molar-refractivity contribution in [2.75, 3.05) is 13.6 Å². The van der Waals surface area contributed by atoms with Crippen LogP contribution in [0.3, 0.4) is 0 Å². The molecule has 0 rings (SSSR count). The van der Waals surface area contributed by atoms with Crippen LogP contribution in [0.15, 0.2) is 0 Å². The van der Waals surface area contributed by atoms with Crippen molar-refractivity contribution < 1.29 is 5.11 Å². The smallest absolute Gasteiger partial charge is 0.0817 e. The van der Waals surface area contributed by atoms with E-state index in [1.807, 2.05) is 14.0 Å². The van der Waals surface area contributed by atoms with E-state index in [1.165, 1.54) is 0 Å². The lowest BCUT2D eigenvalue weighted by atomic mass is 10.2. The average molecular weight is 150 g/mol. The molecule has 0 aliphatic heterocycles. The zero-order chi connectivity index (χ0) is 7.28. The highest BCUT2D eigenvalue weighted by Crippen LogP contribution is 1.91. The van der Waals surface area contributed by atoms with Crippen LogP contribution in [0.25, 0.3) is 0 Å². The van der Waals surface area contributed by atoms with Crippen molar-refractivity contribution >= 4 is 9.39 Å². The maximum absolute atomic E-state index is 9.18. The van der Waals surface area contributed by atoms with E-state index in [9.17, 15) is 5.11 Å². The van der Waals surface area contributed by atoms with E-state index in [1.54, 1.807) is 0 Å². The predicted molar refractivity (Wildman–Crippen MR) is 42.2 cm³/mol. The summed E-state index contributed by atoms with van der Waals surface area (Å²) in [6.45, 7) is 2.55. The summed E-state index contributed by atoms with van der Waals surface area (Å²) in [5, 5.41) is 14.9. The Hall–Kier alpha value is 0.310. The van der Waals surface area contributed by atoms with Crippen molar-refractivity contribution in [1.29, 1.82) is 0 Å². The Morgan fingerprint density at radius 3 is 2.56 bits per heavy atom. The van der Waals surface area contributed by atoms with Crippen LogP contribution < -0.4 is 10.4 Å². The van der Waals surface area contributed by atoms with Gasteiger partial charge in [-0.05, 0) is 14.0 Å². The van der Waals surface area contributed by atoms with Crippen LogP contribution in [0.5, 0.6) is 0 Å². The quantitative estimate of drug-likeness (QED) is 0.466. The Kier molecular flexibility index (Phi) is 5.30. The van der Waals surface area contributed by atoms with Crippen molar-refractivity contribution in [3.63, 3.8) is 0 Å². The molecule has 3 nitrogen and oxygen atoms in total. The minimum Gasteiger partial charge on any atom is -0.390 e. The Bertz CT molecular complexity index is 72.0. The largest absolute Gasteiger partial charge is 0.390 e. The number of likely N-dealkylation sites (N-methyl/N-ethyl adjacent to an activating group) is 1. The first kappa shape index (κ1) is 9.31. The van der Waals surface area contributed by atoms with Gasteiger partial charge in [-0.15, -0.1) is 0 Å². The van der Waals surface area contributed by atoms with Crippen molar-refractivity contribution in [3.05, 3.63) is 0 Å². The van der Waals surface area contributed by atoms with E-state index < -0.39 is 0 Å². The van der Waals surface area contributed by atoms with Gasteiger partial charge in [0.2, 0.25) is 0 Å². The Labute approximate surface area is 58.5 Å². The Balaban J connectivity index is 3.32. The summed E-state index contributed by atoms with van der Waals surface area (Å²) < 4.78 is 0. The minimum absolute atomic E-state index is 0.127. The highest BCUT2D eigenvalue weighted by molar-refractivity contribution is 7.13. The normalized spacial score (nSPS) is 17.3. The molecule has 0 aromatic carbocycles. The maximum atomic E-state index is 9.18. The zero-order valence-electron chi connectivity index (χ0n) is 5.89. The molecule has 0 radical (unpaired) electrons. The van der Waals surface area contributed by atoms with Gasteiger partial charge in [-0.2, -0.15) is 0 Å². The zero-order valence-corrected chi connectivity index (χ0v) is 7.04. The van der Waals surface area contributed by atoms with Crippen molar-refractivity contribution in [2.45, 2.75) is 19.1 Å². The molecule has 0 spiro atoms. The monoisotopic (exact) mass is 150 g/mol. The molecule has 4 heteroatoms. The summed E-state index contributed by atoms with van der Waals surface area (Å²) in [4.78, 5) is 0. The highest BCUT2D eigenvalue weighted by atomic mass is 31.0. The Morgan fingerprint density at radius 2 is 2.22 bits per heavy atom. The fourth-order valence-corrected chi connectivity index (χ4v) is 0.719. The second-order valence-corrected chi connectivity index (χ2v) is 2.41. The van der Waals surface area contributed by atoms with E-state index in [2.05, 4.69) is 19.8 Å². The number of nitrogens with one attached hydrogen (secondary N) is 2.